The molecule has 8 heteroatoms. The molecule has 0 aliphatic carbocycles. The molecule has 0 bridgehead atoms. The predicted octanol–water partition coefficient (Wildman–Crippen LogP) is 3.18. The minimum Gasteiger partial charge on any atom is -0.277 e. The third-order valence-corrected chi connectivity index (χ3v) is 2.53. The van der Waals surface area contributed by atoms with Crippen LogP contribution in [-0.2, 0) is 0 Å². The Morgan fingerprint density at radius 3 is 3.16 bits per heavy atom. The number of aromatic amines is 1. The summed E-state index contributed by atoms with van der Waals surface area (Å²) in [6, 6.07) is 4.80. The van der Waals surface area contributed by atoms with Crippen molar-refractivity contribution in [2.24, 2.45) is 5.11 Å². The summed E-state index contributed by atoms with van der Waals surface area (Å²) in [5.74, 6) is 0. The fourth-order valence-electron chi connectivity index (χ4n) is 1.70. The predicted molar refractivity (Wildman–Crippen MR) is 70.4 cm³/mol. The number of fused-ring (bicyclic) bond motifs is 1. The molecule has 2 rings (SSSR count). The molecule has 0 unspecified atom stereocenters. The number of nitro benzene ring substituents is 1. The van der Waals surface area contributed by atoms with E-state index in [0.29, 0.717) is 29.6 Å². The molecule has 1 aromatic carbocycles. The summed E-state index contributed by atoms with van der Waals surface area (Å²) in [6.07, 6.45) is 4.19. The van der Waals surface area contributed by atoms with Crippen molar-refractivity contribution >= 4 is 22.7 Å². The second-order valence-electron chi connectivity index (χ2n) is 3.71. The number of benzene rings is 1. The third kappa shape index (κ3) is 2.70. The molecule has 0 saturated heterocycles. The number of nitrogens with zero attached hydrogens (tertiary/aromatic N) is 5. The Morgan fingerprint density at radius 2 is 2.42 bits per heavy atom. The Hall–Kier alpha value is -2.86. The number of nitrogens with one attached hydrogen (secondary N) is 1. The zero-order valence-corrected chi connectivity index (χ0v) is 9.85. The molecule has 0 spiro atoms. The van der Waals surface area contributed by atoms with Crippen molar-refractivity contribution in [2.75, 3.05) is 6.54 Å². The summed E-state index contributed by atoms with van der Waals surface area (Å²) >= 11 is 0. The van der Waals surface area contributed by atoms with Gasteiger partial charge in [0.2, 0.25) is 0 Å². The van der Waals surface area contributed by atoms with Crippen molar-refractivity contribution in [1.82, 2.24) is 10.2 Å². The van der Waals surface area contributed by atoms with E-state index >= 15 is 0 Å². The van der Waals surface area contributed by atoms with Crippen molar-refractivity contribution in [2.45, 2.75) is 6.42 Å². The molecule has 0 fully saturated rings. The molecule has 1 N–H and O–H groups in total. The third-order valence-electron chi connectivity index (χ3n) is 2.53. The van der Waals surface area contributed by atoms with Gasteiger partial charge in [0.1, 0.15) is 0 Å². The molecular formula is C11H10N6O2. The molecule has 2 aromatic rings. The molecular weight excluding hydrogens is 248 g/mol. The van der Waals surface area contributed by atoms with Gasteiger partial charge in [0.15, 0.2) is 5.52 Å². The highest BCUT2D eigenvalue weighted by Crippen LogP contribution is 2.25. The SMILES string of the molecule is [N-]=[N+]=NCCC=Cc1[nH]nc2c([N+](=O)[O-])cccc12. The Morgan fingerprint density at radius 1 is 1.58 bits per heavy atom. The molecule has 1 aromatic heterocycles. The van der Waals surface area contributed by atoms with Gasteiger partial charge in [0, 0.05) is 22.9 Å². The maximum Gasteiger partial charge on any atom is 0.297 e. The molecule has 0 saturated carbocycles. The van der Waals surface area contributed by atoms with Crippen LogP contribution in [0.25, 0.3) is 27.4 Å². The molecule has 0 aliphatic heterocycles. The minimum atomic E-state index is -0.460. The largest absolute Gasteiger partial charge is 0.297 e. The monoisotopic (exact) mass is 258 g/mol. The molecule has 0 atom stereocenters. The van der Waals surface area contributed by atoms with Gasteiger partial charge in [0.25, 0.3) is 5.69 Å². The van der Waals surface area contributed by atoms with Crippen molar-refractivity contribution in [3.63, 3.8) is 0 Å². The molecule has 0 radical (unpaired) electrons. The number of aromatic nitrogens is 2. The fourth-order valence-corrected chi connectivity index (χ4v) is 1.70. The number of hydrogen-bond donors (Lipinski definition) is 1. The number of para-hydroxylation sites is 1. The van der Waals surface area contributed by atoms with E-state index in [2.05, 4.69) is 20.2 Å². The van der Waals surface area contributed by atoms with Crippen LogP contribution in [0.5, 0.6) is 0 Å². The van der Waals surface area contributed by atoms with E-state index in [4.69, 9.17) is 5.53 Å². The maximum absolute atomic E-state index is 10.8. The average molecular weight is 258 g/mol. The first-order chi connectivity index (χ1) is 9.24. The van der Waals surface area contributed by atoms with Gasteiger partial charge in [0.05, 0.1) is 10.6 Å². The van der Waals surface area contributed by atoms with Crippen molar-refractivity contribution in [3.8, 4) is 0 Å². The highest BCUT2D eigenvalue weighted by Gasteiger charge is 2.15. The number of azide groups is 1. The van der Waals surface area contributed by atoms with Gasteiger partial charge >= 0.3 is 0 Å². The number of H-pyrrole nitrogens is 1. The minimum absolute atomic E-state index is 0.0255. The quantitative estimate of drug-likeness (QED) is 0.221. The van der Waals surface area contributed by atoms with E-state index in [1.165, 1.54) is 6.07 Å². The molecule has 8 nitrogen and oxygen atoms in total. The normalized spacial score (nSPS) is 10.7. The lowest BCUT2D eigenvalue weighted by atomic mass is 10.1. The summed E-state index contributed by atoms with van der Waals surface area (Å²) in [4.78, 5) is 13.0. The highest BCUT2D eigenvalue weighted by molar-refractivity contribution is 5.92. The Bertz CT molecular complexity index is 684. The molecule has 0 amide bonds. The van der Waals surface area contributed by atoms with E-state index in [9.17, 15) is 10.1 Å². The van der Waals surface area contributed by atoms with Crippen LogP contribution in [0.3, 0.4) is 0 Å². The second-order valence-corrected chi connectivity index (χ2v) is 3.71. The first kappa shape index (κ1) is 12.6. The lowest BCUT2D eigenvalue weighted by molar-refractivity contribution is -0.383. The van der Waals surface area contributed by atoms with Crippen LogP contribution in [0, 0.1) is 10.1 Å². The maximum atomic E-state index is 10.8. The Kier molecular flexibility index (Phi) is 3.75. The Labute approximate surface area is 107 Å². The standard InChI is InChI=1S/C11H10N6O2/c12-16-13-7-2-1-5-9-8-4-3-6-10(17(18)19)11(8)15-14-9/h1,3-6H,2,7H2,(H,14,15). The summed E-state index contributed by atoms with van der Waals surface area (Å²) in [7, 11) is 0. The topological polar surface area (TPSA) is 121 Å². The second kappa shape index (κ2) is 5.65. The summed E-state index contributed by atoms with van der Waals surface area (Å²) < 4.78 is 0. The van der Waals surface area contributed by atoms with Gasteiger partial charge in [-0.15, -0.1) is 0 Å². The van der Waals surface area contributed by atoms with E-state index in [-0.39, 0.29) is 5.69 Å². The van der Waals surface area contributed by atoms with E-state index in [0.717, 1.165) is 0 Å². The van der Waals surface area contributed by atoms with Gasteiger partial charge in [-0.25, -0.2) is 0 Å². The zero-order valence-electron chi connectivity index (χ0n) is 9.85. The van der Waals surface area contributed by atoms with Crippen LogP contribution in [0.15, 0.2) is 29.4 Å². The zero-order chi connectivity index (χ0) is 13.7. The molecule has 96 valence electrons. The summed E-state index contributed by atoms with van der Waals surface area (Å²) in [6.45, 7) is 0.374. The summed E-state index contributed by atoms with van der Waals surface area (Å²) in [5, 5.41) is 21.6. The van der Waals surface area contributed by atoms with E-state index in [1.807, 2.05) is 6.08 Å². The first-order valence-corrected chi connectivity index (χ1v) is 5.53. The van der Waals surface area contributed by atoms with Crippen LogP contribution in [0.2, 0.25) is 0 Å². The molecule has 1 heterocycles. The van der Waals surface area contributed by atoms with Crippen LogP contribution in [0.1, 0.15) is 12.1 Å². The first-order valence-electron chi connectivity index (χ1n) is 5.53. The number of hydrogen-bond acceptors (Lipinski definition) is 4. The van der Waals surface area contributed by atoms with Gasteiger partial charge in [-0.2, -0.15) is 5.10 Å². The van der Waals surface area contributed by atoms with Gasteiger partial charge in [-0.05, 0) is 18.0 Å². The Balaban J connectivity index is 2.28. The van der Waals surface area contributed by atoms with Gasteiger partial charge in [-0.3, -0.25) is 15.2 Å². The fraction of sp³-hybridized carbons (Fsp3) is 0.182. The lowest BCUT2D eigenvalue weighted by Crippen LogP contribution is -1.88. The molecule has 0 aliphatic rings. The number of rotatable bonds is 5. The smallest absolute Gasteiger partial charge is 0.277 e. The lowest BCUT2D eigenvalue weighted by Gasteiger charge is -1.92. The van der Waals surface area contributed by atoms with E-state index in [1.54, 1.807) is 18.2 Å². The van der Waals surface area contributed by atoms with Crippen molar-refractivity contribution < 1.29 is 4.92 Å². The molecule has 19 heavy (non-hydrogen) atoms. The van der Waals surface area contributed by atoms with E-state index < -0.39 is 4.92 Å². The van der Waals surface area contributed by atoms with Crippen molar-refractivity contribution in [1.29, 1.82) is 0 Å². The summed E-state index contributed by atoms with van der Waals surface area (Å²) in [5.41, 5.74) is 9.13. The van der Waals surface area contributed by atoms with Gasteiger partial charge < -0.3 is 0 Å². The number of nitro groups is 1. The van der Waals surface area contributed by atoms with Crippen LogP contribution >= 0.6 is 0 Å². The van der Waals surface area contributed by atoms with Crippen LogP contribution in [0.4, 0.5) is 5.69 Å². The van der Waals surface area contributed by atoms with Crippen LogP contribution in [-0.4, -0.2) is 21.7 Å². The van der Waals surface area contributed by atoms with Crippen LogP contribution < -0.4 is 0 Å². The number of non-ortho nitro benzene ring substituents is 1. The van der Waals surface area contributed by atoms with Crippen molar-refractivity contribution in [3.05, 3.63) is 50.5 Å². The van der Waals surface area contributed by atoms with Gasteiger partial charge in [-0.1, -0.05) is 23.3 Å². The average Bonchev–Trinajstić information content (AvgIpc) is 2.81. The highest BCUT2D eigenvalue weighted by atomic mass is 16.6.